The fraction of sp³-hybridized carbons (Fsp3) is 0.316. The van der Waals surface area contributed by atoms with Crippen molar-refractivity contribution in [3.8, 4) is 11.3 Å². The van der Waals surface area contributed by atoms with E-state index in [0.717, 1.165) is 21.0 Å². The van der Waals surface area contributed by atoms with E-state index in [0.29, 0.717) is 22.7 Å². The number of hydrogen-bond acceptors (Lipinski definition) is 4. The highest BCUT2D eigenvalue weighted by molar-refractivity contribution is 7.89. The second-order valence-corrected chi connectivity index (χ2v) is 9.65. The fourth-order valence-electron chi connectivity index (χ4n) is 3.04. The van der Waals surface area contributed by atoms with E-state index in [2.05, 4.69) is 14.9 Å². The molecule has 2 N–H and O–H groups in total. The van der Waals surface area contributed by atoms with Gasteiger partial charge in [0, 0.05) is 27.6 Å². The molecule has 0 aliphatic carbocycles. The highest BCUT2D eigenvalue weighted by atomic mass is 32.2. The maximum atomic E-state index is 13.1. The second-order valence-electron chi connectivity index (χ2n) is 6.52. The summed E-state index contributed by atoms with van der Waals surface area (Å²) in [7, 11) is -3.64. The molecule has 1 aromatic carbocycles. The third-order valence-electron chi connectivity index (χ3n) is 4.38. The predicted octanol–water partition coefficient (Wildman–Crippen LogP) is 4.15. The summed E-state index contributed by atoms with van der Waals surface area (Å²) in [6, 6.07) is 11.8. The van der Waals surface area contributed by atoms with Gasteiger partial charge in [-0.05, 0) is 38.3 Å². The lowest BCUT2D eigenvalue weighted by Crippen LogP contribution is -2.28. The number of nitrogens with zero attached hydrogens (tertiary/aromatic N) is 1. The second kappa shape index (κ2) is 7.34. The molecule has 2 aromatic heterocycles. The number of thiophene rings is 1. The number of nitrogens with one attached hydrogen (secondary N) is 2. The Morgan fingerprint density at radius 3 is 2.46 bits per heavy atom. The quantitative estimate of drug-likeness (QED) is 0.665. The van der Waals surface area contributed by atoms with Gasteiger partial charge >= 0.3 is 0 Å². The maximum absolute atomic E-state index is 13.1. The van der Waals surface area contributed by atoms with Gasteiger partial charge < -0.3 is 0 Å². The zero-order chi connectivity index (χ0) is 18.9. The molecule has 0 aliphatic heterocycles. The van der Waals surface area contributed by atoms with Crippen molar-refractivity contribution in [2.24, 2.45) is 0 Å². The molecule has 3 aromatic rings. The fourth-order valence-corrected chi connectivity index (χ4v) is 6.04. The summed E-state index contributed by atoms with van der Waals surface area (Å²) < 4.78 is 28.9. The maximum Gasteiger partial charge on any atom is 0.242 e. The van der Waals surface area contributed by atoms with Crippen LogP contribution in [0, 0.1) is 20.8 Å². The van der Waals surface area contributed by atoms with Crippen molar-refractivity contribution in [3.63, 3.8) is 0 Å². The van der Waals surface area contributed by atoms with Gasteiger partial charge in [0.25, 0.3) is 0 Å². The van der Waals surface area contributed by atoms with Gasteiger partial charge in [-0.1, -0.05) is 37.3 Å². The molecule has 138 valence electrons. The number of aromatic amines is 1. The van der Waals surface area contributed by atoms with Crippen LogP contribution in [0.3, 0.4) is 0 Å². The molecular weight excluding hydrogens is 366 g/mol. The smallest absolute Gasteiger partial charge is 0.242 e. The Morgan fingerprint density at radius 2 is 1.85 bits per heavy atom. The first kappa shape index (κ1) is 18.8. The van der Waals surface area contributed by atoms with Crippen LogP contribution in [0.4, 0.5) is 0 Å². The number of sulfonamides is 1. The molecule has 0 fully saturated rings. The van der Waals surface area contributed by atoms with Gasteiger partial charge in [0.05, 0.1) is 5.69 Å². The molecule has 5 nitrogen and oxygen atoms in total. The van der Waals surface area contributed by atoms with Crippen LogP contribution in [0.15, 0.2) is 41.3 Å². The van der Waals surface area contributed by atoms with Crippen molar-refractivity contribution >= 4 is 21.4 Å². The van der Waals surface area contributed by atoms with Crippen LogP contribution in [0.25, 0.3) is 11.3 Å². The van der Waals surface area contributed by atoms with E-state index in [-0.39, 0.29) is 5.92 Å². The summed E-state index contributed by atoms with van der Waals surface area (Å²) in [5, 5.41) is 7.16. The van der Waals surface area contributed by atoms with Crippen molar-refractivity contribution in [1.82, 2.24) is 14.9 Å². The van der Waals surface area contributed by atoms with Crippen molar-refractivity contribution < 1.29 is 8.42 Å². The van der Waals surface area contributed by atoms with Crippen molar-refractivity contribution in [3.05, 3.63) is 57.4 Å². The van der Waals surface area contributed by atoms with Crippen LogP contribution >= 0.6 is 11.3 Å². The molecule has 1 unspecified atom stereocenters. The van der Waals surface area contributed by atoms with Gasteiger partial charge in [-0.3, -0.25) is 5.10 Å². The lowest BCUT2D eigenvalue weighted by Gasteiger charge is -2.14. The number of aryl methyl sites for hydroxylation is 3. The number of benzene rings is 1. The highest BCUT2D eigenvalue weighted by Crippen LogP contribution is 2.38. The molecular formula is C19H23N3O2S2. The van der Waals surface area contributed by atoms with Crippen LogP contribution in [-0.2, 0) is 10.0 Å². The molecule has 26 heavy (non-hydrogen) atoms. The first-order chi connectivity index (χ1) is 12.3. The van der Waals surface area contributed by atoms with Crippen molar-refractivity contribution in [1.29, 1.82) is 0 Å². The molecule has 1 atom stereocenters. The van der Waals surface area contributed by atoms with Crippen molar-refractivity contribution in [2.75, 3.05) is 6.54 Å². The predicted molar refractivity (Wildman–Crippen MR) is 106 cm³/mol. The van der Waals surface area contributed by atoms with E-state index < -0.39 is 10.0 Å². The Labute approximate surface area is 158 Å². The van der Waals surface area contributed by atoms with Gasteiger partial charge in [-0.2, -0.15) is 5.10 Å². The molecule has 2 heterocycles. The normalized spacial score (nSPS) is 13.1. The lowest BCUT2D eigenvalue weighted by molar-refractivity contribution is 0.575. The number of hydrogen-bond donors (Lipinski definition) is 2. The van der Waals surface area contributed by atoms with E-state index >= 15 is 0 Å². The van der Waals surface area contributed by atoms with E-state index in [1.54, 1.807) is 0 Å². The minimum Gasteiger partial charge on any atom is -0.282 e. The molecule has 0 saturated carbocycles. The summed E-state index contributed by atoms with van der Waals surface area (Å²) in [4.78, 5) is 2.07. The van der Waals surface area contributed by atoms with Gasteiger partial charge in [0.1, 0.15) is 4.90 Å². The Bertz CT molecular complexity index is 1000. The van der Waals surface area contributed by atoms with E-state index in [1.165, 1.54) is 11.3 Å². The first-order valence-electron chi connectivity index (χ1n) is 8.46. The van der Waals surface area contributed by atoms with Gasteiger partial charge in [0.2, 0.25) is 10.0 Å². The molecule has 0 spiro atoms. The van der Waals surface area contributed by atoms with Gasteiger partial charge in [-0.15, -0.1) is 11.3 Å². The Balaban J connectivity index is 1.90. The Morgan fingerprint density at radius 1 is 1.15 bits per heavy atom. The zero-order valence-corrected chi connectivity index (χ0v) is 17.0. The topological polar surface area (TPSA) is 74.8 Å². The Kier molecular flexibility index (Phi) is 5.32. The monoisotopic (exact) mass is 389 g/mol. The minimum absolute atomic E-state index is 0.0853. The lowest BCUT2D eigenvalue weighted by atomic mass is 10.0. The van der Waals surface area contributed by atoms with Crippen LogP contribution in [0.1, 0.15) is 33.9 Å². The summed E-state index contributed by atoms with van der Waals surface area (Å²) in [5.41, 5.74) is 3.37. The molecule has 3 rings (SSSR count). The summed E-state index contributed by atoms with van der Waals surface area (Å²) >= 11 is 1.48. The summed E-state index contributed by atoms with van der Waals surface area (Å²) in [6.45, 7) is 8.04. The number of aromatic nitrogens is 2. The molecule has 0 aliphatic rings. The third kappa shape index (κ3) is 3.75. The molecule has 0 radical (unpaired) electrons. The van der Waals surface area contributed by atoms with E-state index in [1.807, 2.05) is 64.1 Å². The SMILES string of the molecule is Cc1cc(-c2c(C)sc(C)c2S(=O)(=O)NCC(C)c2ccccc2)n[nH]1. The standard InChI is InChI=1S/C19H23N3O2S2/c1-12(16-8-6-5-7-9-16)11-20-26(23,24)19-15(4)25-14(3)18(19)17-10-13(2)21-22-17/h5-10,12,20H,11H2,1-4H3,(H,21,22). The molecule has 0 saturated heterocycles. The average molecular weight is 390 g/mol. The van der Waals surface area contributed by atoms with E-state index in [9.17, 15) is 8.42 Å². The minimum atomic E-state index is -3.64. The third-order valence-corrected chi connectivity index (χ3v) is 7.13. The van der Waals surface area contributed by atoms with Crippen LogP contribution in [-0.4, -0.2) is 25.2 Å². The van der Waals surface area contributed by atoms with Crippen LogP contribution in [0.2, 0.25) is 0 Å². The average Bonchev–Trinajstić information content (AvgIpc) is 3.16. The molecule has 0 bridgehead atoms. The van der Waals surface area contributed by atoms with Gasteiger partial charge in [0.15, 0.2) is 0 Å². The van der Waals surface area contributed by atoms with Crippen molar-refractivity contribution in [2.45, 2.75) is 38.5 Å². The highest BCUT2D eigenvalue weighted by Gasteiger charge is 2.27. The first-order valence-corrected chi connectivity index (χ1v) is 10.8. The largest absolute Gasteiger partial charge is 0.282 e. The number of H-pyrrole nitrogens is 1. The van der Waals surface area contributed by atoms with Crippen LogP contribution in [0.5, 0.6) is 0 Å². The Hall–Kier alpha value is -1.96. The van der Waals surface area contributed by atoms with Crippen LogP contribution < -0.4 is 4.72 Å². The summed E-state index contributed by atoms with van der Waals surface area (Å²) in [5.74, 6) is 0.0853. The van der Waals surface area contributed by atoms with Gasteiger partial charge in [-0.25, -0.2) is 13.1 Å². The molecule has 7 heteroatoms. The number of rotatable bonds is 6. The summed E-state index contributed by atoms with van der Waals surface area (Å²) in [6.07, 6.45) is 0. The zero-order valence-electron chi connectivity index (χ0n) is 15.3. The van der Waals surface area contributed by atoms with E-state index in [4.69, 9.17) is 0 Å². The molecule has 0 amide bonds.